The van der Waals surface area contributed by atoms with Crippen LogP contribution in [0.4, 0.5) is 5.82 Å². The Bertz CT molecular complexity index is 3880. The topological polar surface area (TPSA) is 137 Å². The van der Waals surface area contributed by atoms with Crippen molar-refractivity contribution in [3.63, 3.8) is 0 Å². The second kappa shape index (κ2) is 25.8. The van der Waals surface area contributed by atoms with Crippen LogP contribution in [0.2, 0.25) is 25.8 Å². The molecule has 0 aliphatic heterocycles. The van der Waals surface area contributed by atoms with Crippen molar-refractivity contribution in [2.24, 2.45) is 5.14 Å². The van der Waals surface area contributed by atoms with Crippen molar-refractivity contribution in [3.8, 4) is 44.5 Å². The lowest BCUT2D eigenvalue weighted by molar-refractivity contribution is 0.597. The van der Waals surface area contributed by atoms with Crippen LogP contribution in [-0.4, -0.2) is 33.3 Å². The fourth-order valence-electron chi connectivity index (χ4n) is 8.19. The number of nitrogens with one attached hydrogen (secondary N) is 1. The summed E-state index contributed by atoms with van der Waals surface area (Å²) in [4.78, 5) is 21.4. The summed E-state index contributed by atoms with van der Waals surface area (Å²) in [5.74, 6) is 0.592. The molecule has 0 amide bonds. The lowest BCUT2D eigenvalue weighted by Crippen LogP contribution is -2.12. The van der Waals surface area contributed by atoms with Crippen molar-refractivity contribution in [2.75, 3.05) is 5.32 Å². The predicted molar refractivity (Wildman–Crippen MR) is 334 cm³/mol. The standard InChI is InChI=1S/C26H20ClN5O2S.C15H8Cl2IN.C15H9Cl2N.I2/c27-25-23(18-13-20(16-29-14-18)35(28,33)34)22-11-6-10-21(17-7-2-1-3-8-17)24(22)26(32-25)31-15-19-9-4-5-12-30-19;16-14-12-10(9-5-2-1-3-6-9)7-4-8-11(12)13(18)15(17)19-14;16-13-9-11-7-4-8-12(14(11)15(17)18-13)10-5-2-1-3-6-10;1-2/h1-14,16H,15H2,(H,31,32)(H2,28,33,34);1-8H;1-9H;. The van der Waals surface area contributed by atoms with Gasteiger partial charge in [0, 0.05) is 88.5 Å². The maximum Gasteiger partial charge on any atom is 0.239 e. The fraction of sp³-hybridized carbons (Fsp3) is 0.0179. The molecule has 0 atom stereocenters. The van der Waals surface area contributed by atoms with Crippen LogP contribution in [0.15, 0.2) is 199 Å². The molecule has 9 nitrogen and oxygen atoms in total. The average molecular weight is 1430 g/mol. The van der Waals surface area contributed by atoms with Gasteiger partial charge in [-0.25, -0.2) is 28.5 Å². The first-order valence-corrected chi connectivity index (χ1v) is 32.9. The van der Waals surface area contributed by atoms with Crippen molar-refractivity contribution in [1.82, 2.24) is 24.9 Å². The van der Waals surface area contributed by atoms with E-state index in [1.807, 2.05) is 140 Å². The number of nitrogens with zero attached hydrogens (tertiary/aromatic N) is 5. The summed E-state index contributed by atoms with van der Waals surface area (Å²) in [6, 6.07) is 57.2. The Morgan fingerprint density at radius 2 is 1.05 bits per heavy atom. The maximum atomic E-state index is 12.0. The quantitative estimate of drug-likeness (QED) is 0.113. The summed E-state index contributed by atoms with van der Waals surface area (Å²) in [5, 5.41) is 16.2. The molecule has 5 aromatic heterocycles. The van der Waals surface area contributed by atoms with E-state index in [2.05, 4.69) is 120 Å². The van der Waals surface area contributed by atoms with Crippen LogP contribution >= 0.6 is 118 Å². The molecule has 0 aliphatic rings. The van der Waals surface area contributed by atoms with E-state index >= 15 is 0 Å². The fourth-order valence-corrected chi connectivity index (χ4v) is 10.6. The minimum absolute atomic E-state index is 0.101. The van der Waals surface area contributed by atoms with E-state index in [0.717, 1.165) is 75.0 Å². The summed E-state index contributed by atoms with van der Waals surface area (Å²) >= 11 is 37.7. The molecule has 0 fully saturated rings. The van der Waals surface area contributed by atoms with E-state index in [9.17, 15) is 8.42 Å². The molecule has 0 saturated heterocycles. The Morgan fingerprint density at radius 3 is 1.64 bits per heavy atom. The Morgan fingerprint density at radius 1 is 0.514 bits per heavy atom. The predicted octanol–water partition coefficient (Wildman–Crippen LogP) is 18.1. The molecule has 0 unspecified atom stereocenters. The van der Waals surface area contributed by atoms with Gasteiger partial charge in [-0.2, -0.15) is 0 Å². The van der Waals surface area contributed by atoms with Gasteiger partial charge < -0.3 is 5.32 Å². The van der Waals surface area contributed by atoms with E-state index < -0.39 is 10.0 Å². The van der Waals surface area contributed by atoms with Gasteiger partial charge >= 0.3 is 0 Å². The van der Waals surface area contributed by atoms with Crippen LogP contribution < -0.4 is 10.5 Å². The highest BCUT2D eigenvalue weighted by molar-refractivity contribution is 15.0. The highest BCUT2D eigenvalue weighted by atomic mass is 128. The Kier molecular flexibility index (Phi) is 19.3. The molecule has 0 aliphatic carbocycles. The van der Waals surface area contributed by atoms with Crippen molar-refractivity contribution in [1.29, 1.82) is 0 Å². The molecule has 0 spiro atoms. The molecule has 0 saturated carbocycles. The molecule has 0 bridgehead atoms. The van der Waals surface area contributed by atoms with Gasteiger partial charge in [0.05, 0.1) is 15.8 Å². The SMILES string of the molecule is Clc1cc2cccc(-c3ccccc3)c2c(Cl)n1.Clc1nc(Cl)c2c(-c3ccccc3)cccc2c1I.II.NS(=O)(=O)c1cncc(-c2c(Cl)nc(NCc3ccccn3)c3c(-c4ccccc4)cccc23)c1. The third-order valence-electron chi connectivity index (χ3n) is 11.4. The second-order valence-corrected chi connectivity index (χ2v) is 20.4. The smallest absolute Gasteiger partial charge is 0.239 e. The number of halogens is 8. The van der Waals surface area contributed by atoms with Crippen molar-refractivity contribution < 1.29 is 8.42 Å². The second-order valence-electron chi connectivity index (χ2n) is 16.0. The van der Waals surface area contributed by atoms with E-state index in [1.165, 1.54) is 12.3 Å². The number of anilines is 1. The van der Waals surface area contributed by atoms with Gasteiger partial charge in [0.15, 0.2) is 0 Å². The van der Waals surface area contributed by atoms with Crippen LogP contribution in [0.1, 0.15) is 5.69 Å². The number of primary sulfonamides is 1. The molecular formula is C56H37Cl5I3N7O2S. The number of benzene rings is 6. The number of nitrogens with two attached hydrogens (primary N) is 1. The van der Waals surface area contributed by atoms with Crippen LogP contribution in [0, 0.1) is 3.57 Å². The number of pyridine rings is 5. The molecule has 6 aromatic carbocycles. The number of fused-ring (bicyclic) bond motifs is 3. The molecular weight excluding hydrogens is 1390 g/mol. The molecule has 5 heterocycles. The maximum absolute atomic E-state index is 12.0. The zero-order valence-electron chi connectivity index (χ0n) is 38.2. The Labute approximate surface area is 489 Å². The largest absolute Gasteiger partial charge is 0.364 e. The summed E-state index contributed by atoms with van der Waals surface area (Å²) in [6.45, 7) is 0.449. The average Bonchev–Trinajstić information content (AvgIpc) is 3.43. The number of hydrogen-bond acceptors (Lipinski definition) is 8. The summed E-state index contributed by atoms with van der Waals surface area (Å²) < 4.78 is 24.8. The van der Waals surface area contributed by atoms with Crippen LogP contribution in [0.3, 0.4) is 0 Å². The highest BCUT2D eigenvalue weighted by Gasteiger charge is 2.20. The van der Waals surface area contributed by atoms with Crippen molar-refractivity contribution in [2.45, 2.75) is 11.4 Å². The van der Waals surface area contributed by atoms with E-state index in [4.69, 9.17) is 63.1 Å². The van der Waals surface area contributed by atoms with Gasteiger partial charge in [-0.05, 0) is 91.0 Å². The van der Waals surface area contributed by atoms with Gasteiger partial charge in [0.25, 0.3) is 0 Å². The number of rotatable bonds is 8. The van der Waals surface area contributed by atoms with Crippen LogP contribution in [0.5, 0.6) is 0 Å². The van der Waals surface area contributed by atoms with E-state index in [1.54, 1.807) is 12.4 Å². The lowest BCUT2D eigenvalue weighted by atomic mass is 9.94. The zero-order chi connectivity index (χ0) is 52.4. The van der Waals surface area contributed by atoms with Crippen LogP contribution in [0.25, 0.3) is 76.8 Å². The van der Waals surface area contributed by atoms with Gasteiger partial charge in [0.1, 0.15) is 36.5 Å². The number of hydrogen-bond donors (Lipinski definition) is 2. The highest BCUT2D eigenvalue weighted by Crippen LogP contribution is 2.43. The van der Waals surface area contributed by atoms with Crippen molar-refractivity contribution in [3.05, 3.63) is 230 Å². The van der Waals surface area contributed by atoms with Crippen LogP contribution in [-0.2, 0) is 16.6 Å². The molecule has 3 N–H and O–H groups in total. The molecule has 11 rings (SSSR count). The lowest BCUT2D eigenvalue weighted by Gasteiger charge is -2.17. The first-order valence-electron chi connectivity index (χ1n) is 22.1. The summed E-state index contributed by atoms with van der Waals surface area (Å²) in [6.07, 6.45) is 4.49. The van der Waals surface area contributed by atoms with Gasteiger partial charge in [-0.3, -0.25) is 9.97 Å². The molecule has 74 heavy (non-hydrogen) atoms. The molecule has 11 aromatic rings. The van der Waals surface area contributed by atoms with Gasteiger partial charge in [0.2, 0.25) is 10.0 Å². The monoisotopic (exact) mass is 1430 g/mol. The molecule has 0 radical (unpaired) electrons. The zero-order valence-corrected chi connectivity index (χ0v) is 49.3. The summed E-state index contributed by atoms with van der Waals surface area (Å²) in [7, 11) is -3.94. The molecule has 18 heteroatoms. The van der Waals surface area contributed by atoms with Gasteiger partial charge in [-0.15, -0.1) is 0 Å². The minimum Gasteiger partial charge on any atom is -0.364 e. The molecule has 370 valence electrons. The third kappa shape index (κ3) is 13.1. The van der Waals surface area contributed by atoms with E-state index in [0.29, 0.717) is 44.1 Å². The first kappa shape index (κ1) is 55.4. The Hall–Kier alpha value is -4.80. The third-order valence-corrected chi connectivity index (χ3v) is 15.0. The van der Waals surface area contributed by atoms with Gasteiger partial charge in [-0.1, -0.05) is 210 Å². The number of sulfonamides is 1. The normalized spacial score (nSPS) is 10.9. The minimum atomic E-state index is -3.94. The summed E-state index contributed by atoms with van der Waals surface area (Å²) in [5.41, 5.74) is 8.26. The van der Waals surface area contributed by atoms with E-state index in [-0.39, 0.29) is 10.0 Å². The Balaban J connectivity index is 0.000000158. The number of aromatic nitrogens is 5. The first-order chi connectivity index (χ1) is 35.9. The van der Waals surface area contributed by atoms with Crippen molar-refractivity contribution >= 4 is 166 Å².